The maximum Gasteiger partial charge on any atom is 0.0503 e. The molecular formula is C12H22N2O. The van der Waals surface area contributed by atoms with E-state index in [2.05, 4.69) is 10.2 Å². The molecule has 2 N–H and O–H groups in total. The van der Waals surface area contributed by atoms with Crippen LogP contribution in [0.1, 0.15) is 32.1 Å². The summed E-state index contributed by atoms with van der Waals surface area (Å²) in [6, 6.07) is 1.28. The van der Waals surface area contributed by atoms with Gasteiger partial charge in [-0.25, -0.2) is 0 Å². The summed E-state index contributed by atoms with van der Waals surface area (Å²) in [5.41, 5.74) is 0.212. The van der Waals surface area contributed by atoms with Gasteiger partial charge in [0.05, 0.1) is 6.61 Å². The van der Waals surface area contributed by atoms with E-state index in [1.54, 1.807) is 0 Å². The van der Waals surface area contributed by atoms with Crippen molar-refractivity contribution in [1.29, 1.82) is 0 Å². The molecule has 3 rings (SSSR count). The van der Waals surface area contributed by atoms with Gasteiger partial charge in [0, 0.05) is 17.5 Å². The van der Waals surface area contributed by atoms with Crippen LogP contribution in [-0.4, -0.2) is 48.3 Å². The van der Waals surface area contributed by atoms with Gasteiger partial charge in [-0.1, -0.05) is 0 Å². The van der Waals surface area contributed by atoms with Gasteiger partial charge in [0.25, 0.3) is 0 Å². The van der Waals surface area contributed by atoms with Crippen molar-refractivity contribution >= 4 is 0 Å². The first-order valence-corrected chi connectivity index (χ1v) is 6.44. The van der Waals surface area contributed by atoms with Crippen molar-refractivity contribution in [3.8, 4) is 0 Å². The Morgan fingerprint density at radius 1 is 1.27 bits per heavy atom. The Hall–Kier alpha value is -0.120. The molecule has 0 aromatic carbocycles. The largest absolute Gasteiger partial charge is 0.396 e. The fourth-order valence-electron chi connectivity index (χ4n) is 4.02. The number of fused-ring (bicyclic) bond motifs is 3. The van der Waals surface area contributed by atoms with Gasteiger partial charge < -0.3 is 10.4 Å². The molecule has 3 heteroatoms. The Balaban J connectivity index is 1.86. The Kier molecular flexibility index (Phi) is 2.49. The van der Waals surface area contributed by atoms with E-state index in [4.69, 9.17) is 0 Å². The third kappa shape index (κ3) is 1.44. The van der Waals surface area contributed by atoms with E-state index in [1.807, 2.05) is 0 Å². The second-order valence-corrected chi connectivity index (χ2v) is 5.55. The van der Waals surface area contributed by atoms with Crippen molar-refractivity contribution in [3.63, 3.8) is 0 Å². The van der Waals surface area contributed by atoms with E-state index >= 15 is 0 Å². The minimum absolute atomic E-state index is 0.212. The molecular weight excluding hydrogens is 188 g/mol. The van der Waals surface area contributed by atoms with Crippen LogP contribution < -0.4 is 5.32 Å². The second kappa shape index (κ2) is 3.72. The van der Waals surface area contributed by atoms with E-state index in [-0.39, 0.29) is 5.41 Å². The molecule has 0 amide bonds. The molecule has 0 aromatic rings. The highest BCUT2D eigenvalue weighted by Crippen LogP contribution is 2.43. The van der Waals surface area contributed by atoms with E-state index in [0.29, 0.717) is 18.7 Å². The predicted octanol–water partition coefficient (Wildman–Crippen LogP) is 0.585. The summed E-state index contributed by atoms with van der Waals surface area (Å²) in [5, 5.41) is 13.4. The second-order valence-electron chi connectivity index (χ2n) is 5.55. The summed E-state index contributed by atoms with van der Waals surface area (Å²) in [6.45, 7) is 4.03. The molecule has 86 valence electrons. The molecule has 0 bridgehead atoms. The Labute approximate surface area is 91.8 Å². The fourth-order valence-corrected chi connectivity index (χ4v) is 4.02. The zero-order valence-corrected chi connectivity index (χ0v) is 9.41. The molecule has 0 spiro atoms. The summed E-state index contributed by atoms with van der Waals surface area (Å²) in [7, 11) is 0. The maximum atomic E-state index is 9.74. The van der Waals surface area contributed by atoms with Gasteiger partial charge in [0.2, 0.25) is 0 Å². The van der Waals surface area contributed by atoms with Gasteiger partial charge in [0.15, 0.2) is 0 Å². The number of aliphatic hydroxyl groups is 1. The standard InChI is InChI=1S/C12H22N2O/c15-9-12-4-2-6-13-11(12)10-3-1-7-14(10)8-5-12/h10-11,13,15H,1-9H2. The Morgan fingerprint density at radius 3 is 3.07 bits per heavy atom. The van der Waals surface area contributed by atoms with Gasteiger partial charge in [0.1, 0.15) is 0 Å². The monoisotopic (exact) mass is 210 g/mol. The molecule has 3 heterocycles. The van der Waals surface area contributed by atoms with E-state index in [9.17, 15) is 5.11 Å². The van der Waals surface area contributed by atoms with Gasteiger partial charge in [-0.15, -0.1) is 0 Å². The number of rotatable bonds is 1. The number of hydrogen-bond donors (Lipinski definition) is 2. The average molecular weight is 210 g/mol. The normalized spacial score (nSPS) is 46.2. The average Bonchev–Trinajstić information content (AvgIpc) is 2.77. The van der Waals surface area contributed by atoms with Crippen molar-refractivity contribution in [2.45, 2.75) is 44.2 Å². The van der Waals surface area contributed by atoms with Crippen LogP contribution in [0.2, 0.25) is 0 Å². The van der Waals surface area contributed by atoms with Crippen LogP contribution in [0, 0.1) is 5.41 Å². The molecule has 3 fully saturated rings. The van der Waals surface area contributed by atoms with Crippen molar-refractivity contribution in [1.82, 2.24) is 10.2 Å². The lowest BCUT2D eigenvalue weighted by Gasteiger charge is -2.53. The van der Waals surface area contributed by atoms with Gasteiger partial charge >= 0.3 is 0 Å². The molecule has 3 nitrogen and oxygen atoms in total. The quantitative estimate of drug-likeness (QED) is 0.665. The molecule has 0 aromatic heterocycles. The fraction of sp³-hybridized carbons (Fsp3) is 1.00. The Morgan fingerprint density at radius 2 is 2.20 bits per heavy atom. The van der Waals surface area contributed by atoms with Crippen molar-refractivity contribution in [2.24, 2.45) is 5.41 Å². The summed E-state index contributed by atoms with van der Waals surface area (Å²) < 4.78 is 0. The molecule has 0 aliphatic carbocycles. The van der Waals surface area contributed by atoms with E-state index in [0.717, 1.165) is 6.54 Å². The topological polar surface area (TPSA) is 35.5 Å². The third-order valence-electron chi connectivity index (χ3n) is 4.89. The summed E-state index contributed by atoms with van der Waals surface area (Å²) in [4.78, 5) is 2.64. The van der Waals surface area contributed by atoms with E-state index < -0.39 is 0 Å². The number of hydrogen-bond acceptors (Lipinski definition) is 3. The van der Waals surface area contributed by atoms with Crippen LogP contribution in [0.15, 0.2) is 0 Å². The number of nitrogens with zero attached hydrogens (tertiary/aromatic N) is 1. The zero-order chi connectivity index (χ0) is 10.3. The summed E-state index contributed by atoms with van der Waals surface area (Å²) >= 11 is 0. The molecule has 0 radical (unpaired) electrons. The summed E-state index contributed by atoms with van der Waals surface area (Å²) in [5.74, 6) is 0. The highest BCUT2D eigenvalue weighted by molar-refractivity contribution is 5.06. The molecule has 3 aliphatic rings. The molecule has 3 aliphatic heterocycles. The van der Waals surface area contributed by atoms with Crippen molar-refractivity contribution in [2.75, 3.05) is 26.2 Å². The lowest BCUT2D eigenvalue weighted by atomic mass is 9.67. The van der Waals surface area contributed by atoms with Crippen LogP contribution >= 0.6 is 0 Å². The number of aliphatic hydroxyl groups excluding tert-OH is 1. The van der Waals surface area contributed by atoms with Gasteiger partial charge in [-0.3, -0.25) is 4.90 Å². The van der Waals surface area contributed by atoms with Crippen LogP contribution in [0.4, 0.5) is 0 Å². The minimum Gasteiger partial charge on any atom is -0.396 e. The first-order valence-electron chi connectivity index (χ1n) is 6.44. The third-order valence-corrected chi connectivity index (χ3v) is 4.89. The smallest absolute Gasteiger partial charge is 0.0503 e. The molecule has 3 saturated heterocycles. The highest BCUT2D eigenvalue weighted by atomic mass is 16.3. The summed E-state index contributed by atoms with van der Waals surface area (Å²) in [6.07, 6.45) is 6.34. The molecule has 15 heavy (non-hydrogen) atoms. The minimum atomic E-state index is 0.212. The van der Waals surface area contributed by atoms with Crippen molar-refractivity contribution in [3.05, 3.63) is 0 Å². The molecule has 0 saturated carbocycles. The van der Waals surface area contributed by atoms with Crippen LogP contribution in [0.25, 0.3) is 0 Å². The van der Waals surface area contributed by atoms with Gasteiger partial charge in [-0.05, 0) is 51.7 Å². The maximum absolute atomic E-state index is 9.74. The lowest BCUT2D eigenvalue weighted by Crippen LogP contribution is -2.64. The molecule has 3 atom stereocenters. The molecule has 3 unspecified atom stereocenters. The lowest BCUT2D eigenvalue weighted by molar-refractivity contribution is -0.0332. The van der Waals surface area contributed by atoms with E-state index in [1.165, 1.54) is 45.2 Å². The SMILES string of the molecule is OCC12CCCNC1C1CCCN1CC2. The van der Waals surface area contributed by atoms with Crippen molar-refractivity contribution < 1.29 is 5.11 Å². The van der Waals surface area contributed by atoms with Crippen LogP contribution in [0.3, 0.4) is 0 Å². The Bertz CT molecular complexity index is 246. The number of piperidine rings is 2. The zero-order valence-electron chi connectivity index (χ0n) is 9.41. The number of nitrogens with one attached hydrogen (secondary N) is 1. The predicted molar refractivity (Wildman–Crippen MR) is 59.8 cm³/mol. The first-order chi connectivity index (χ1) is 7.36. The van der Waals surface area contributed by atoms with Crippen LogP contribution in [-0.2, 0) is 0 Å². The highest BCUT2D eigenvalue weighted by Gasteiger charge is 2.50. The van der Waals surface area contributed by atoms with Gasteiger partial charge in [-0.2, -0.15) is 0 Å². The first kappa shape index (κ1) is 10.1. The van der Waals surface area contributed by atoms with Crippen LogP contribution in [0.5, 0.6) is 0 Å².